The summed E-state index contributed by atoms with van der Waals surface area (Å²) >= 11 is 0. The predicted molar refractivity (Wildman–Crippen MR) is 89.5 cm³/mol. The van der Waals surface area contributed by atoms with Crippen LogP contribution in [0.4, 0.5) is 0 Å². The van der Waals surface area contributed by atoms with Crippen molar-refractivity contribution in [3.8, 4) is 0 Å². The van der Waals surface area contributed by atoms with Crippen molar-refractivity contribution in [1.82, 2.24) is 4.31 Å². The minimum atomic E-state index is -4.17. The number of nitrogens with zero attached hydrogens (tertiary/aromatic N) is 1. The molecule has 1 aliphatic heterocycles. The van der Waals surface area contributed by atoms with E-state index in [9.17, 15) is 18.3 Å². The van der Waals surface area contributed by atoms with Gasteiger partial charge in [-0.2, -0.15) is 12.7 Å². The summed E-state index contributed by atoms with van der Waals surface area (Å²) < 4.78 is 31.0. The molecule has 0 aromatic carbocycles. The molecular weight excluding hydrogens is 353 g/mol. The Morgan fingerprint density at radius 1 is 1.40 bits per heavy atom. The van der Waals surface area contributed by atoms with Gasteiger partial charge in [0, 0.05) is 24.5 Å². The summed E-state index contributed by atoms with van der Waals surface area (Å²) in [4.78, 5) is 11.6. The molecule has 0 aromatic rings. The molecule has 25 heavy (non-hydrogen) atoms. The topological polar surface area (TPSA) is 176 Å². The molecule has 7 N–H and O–H groups in total. The van der Waals surface area contributed by atoms with Crippen molar-refractivity contribution in [2.45, 2.75) is 56.1 Å². The third-order valence-electron chi connectivity index (χ3n) is 5.22. The normalized spacial score (nSPS) is 30.2. The second-order valence-corrected chi connectivity index (χ2v) is 8.74. The van der Waals surface area contributed by atoms with Gasteiger partial charge in [0.15, 0.2) is 0 Å². The van der Waals surface area contributed by atoms with Gasteiger partial charge < -0.3 is 26.6 Å². The van der Waals surface area contributed by atoms with Crippen LogP contribution in [0.5, 0.6) is 0 Å². The first-order chi connectivity index (χ1) is 11.4. The Hall–Kier alpha value is -0.755. The molecule has 0 radical (unpaired) electrons. The lowest BCUT2D eigenvalue weighted by Gasteiger charge is -2.25. The maximum absolute atomic E-state index is 12.5. The van der Waals surface area contributed by atoms with Gasteiger partial charge >= 0.3 is 23.4 Å². The summed E-state index contributed by atoms with van der Waals surface area (Å²) in [6, 6.07) is 0. The summed E-state index contributed by atoms with van der Waals surface area (Å²) in [5.41, 5.74) is 9.51. The largest absolute Gasteiger partial charge is 0.480 e. The Morgan fingerprint density at radius 3 is 2.48 bits per heavy atom. The summed E-state index contributed by atoms with van der Waals surface area (Å²) in [6.07, 6.45) is 1.26. The number of hydrogen-bond donors (Lipinski definition) is 5. The highest BCUT2D eigenvalue weighted by molar-refractivity contribution is 7.84. The Bertz CT molecular complexity index is 613. The van der Waals surface area contributed by atoms with Gasteiger partial charge in [0.2, 0.25) is 0 Å². The molecule has 2 rings (SSSR count). The number of aliphatic carboxylic acids is 1. The van der Waals surface area contributed by atoms with E-state index in [1.54, 1.807) is 6.92 Å². The van der Waals surface area contributed by atoms with Gasteiger partial charge in [0.1, 0.15) is 5.54 Å². The van der Waals surface area contributed by atoms with E-state index < -0.39 is 53.0 Å². The van der Waals surface area contributed by atoms with Crippen molar-refractivity contribution in [3.05, 3.63) is 0 Å². The van der Waals surface area contributed by atoms with E-state index in [1.807, 2.05) is 0 Å². The molecule has 0 spiro atoms. The first kappa shape index (κ1) is 20.6. The highest BCUT2D eigenvalue weighted by atomic mass is 32.2. The minimum absolute atomic E-state index is 0.0577. The zero-order valence-electron chi connectivity index (χ0n) is 14.2. The maximum atomic E-state index is 12.5. The standard InChI is InChI=1S/C13H26BN3O7S/c1-9(12(15)4-5-12)24-25(22,23)17-7-10(3-2-6-14(20)21)13(16,8-17)11(18)19/h9-10,20-21H,2-8,15-16H2,1H3,(H,18,19)/t9?,10-,13-/m0/s1. The van der Waals surface area contributed by atoms with Gasteiger partial charge in [-0.05, 0) is 32.5 Å². The van der Waals surface area contributed by atoms with E-state index >= 15 is 0 Å². The maximum Gasteiger partial charge on any atom is 0.451 e. The van der Waals surface area contributed by atoms with Crippen LogP contribution in [0.3, 0.4) is 0 Å². The number of hydrogen-bond acceptors (Lipinski definition) is 8. The van der Waals surface area contributed by atoms with E-state index in [0.29, 0.717) is 19.3 Å². The van der Waals surface area contributed by atoms with E-state index in [2.05, 4.69) is 0 Å². The van der Waals surface area contributed by atoms with Gasteiger partial charge in [-0.25, -0.2) is 0 Å². The van der Waals surface area contributed by atoms with E-state index in [0.717, 1.165) is 4.31 Å². The van der Waals surface area contributed by atoms with Crippen LogP contribution in [0, 0.1) is 5.92 Å². The predicted octanol–water partition coefficient (Wildman–Crippen LogP) is -1.91. The Morgan fingerprint density at radius 2 is 2.00 bits per heavy atom. The fourth-order valence-corrected chi connectivity index (χ4v) is 4.50. The van der Waals surface area contributed by atoms with Gasteiger partial charge in [0.25, 0.3) is 0 Å². The summed E-state index contributed by atoms with van der Waals surface area (Å²) in [5, 5.41) is 27.2. The van der Waals surface area contributed by atoms with Crippen molar-refractivity contribution in [1.29, 1.82) is 0 Å². The molecule has 1 saturated heterocycles. The molecule has 10 nitrogen and oxygen atoms in total. The molecule has 1 saturated carbocycles. The molecule has 1 aliphatic carbocycles. The van der Waals surface area contributed by atoms with Crippen LogP contribution in [-0.2, 0) is 19.3 Å². The molecule has 144 valence electrons. The smallest absolute Gasteiger partial charge is 0.451 e. The average Bonchev–Trinajstić information content (AvgIpc) is 3.13. The second kappa shape index (κ2) is 7.10. The molecule has 2 aliphatic rings. The van der Waals surface area contributed by atoms with Gasteiger partial charge in [-0.15, -0.1) is 0 Å². The summed E-state index contributed by atoms with van der Waals surface area (Å²) in [6.45, 7) is 1.08. The van der Waals surface area contributed by atoms with Crippen molar-refractivity contribution in [2.75, 3.05) is 13.1 Å². The lowest BCUT2D eigenvalue weighted by atomic mass is 9.78. The minimum Gasteiger partial charge on any atom is -0.480 e. The van der Waals surface area contributed by atoms with Gasteiger partial charge in [-0.3, -0.25) is 8.98 Å². The number of nitrogens with two attached hydrogens (primary N) is 2. The van der Waals surface area contributed by atoms with Gasteiger partial charge in [0.05, 0.1) is 6.10 Å². The molecular formula is C13H26BN3O7S. The van der Waals surface area contributed by atoms with Crippen molar-refractivity contribution in [3.63, 3.8) is 0 Å². The zero-order chi connectivity index (χ0) is 19.0. The van der Waals surface area contributed by atoms with E-state index in [-0.39, 0.29) is 19.3 Å². The van der Waals surface area contributed by atoms with Crippen LogP contribution in [-0.4, -0.2) is 71.2 Å². The highest BCUT2D eigenvalue weighted by Gasteiger charge is 2.54. The molecule has 1 heterocycles. The lowest BCUT2D eigenvalue weighted by molar-refractivity contribution is -0.144. The monoisotopic (exact) mass is 379 g/mol. The van der Waals surface area contributed by atoms with Crippen LogP contribution < -0.4 is 11.5 Å². The van der Waals surface area contributed by atoms with Crippen LogP contribution in [0.15, 0.2) is 0 Å². The number of carboxylic acids is 1. The van der Waals surface area contributed by atoms with Gasteiger partial charge in [-0.1, -0.05) is 6.42 Å². The molecule has 0 bridgehead atoms. The highest BCUT2D eigenvalue weighted by Crippen LogP contribution is 2.39. The fraction of sp³-hybridized carbons (Fsp3) is 0.923. The summed E-state index contributed by atoms with van der Waals surface area (Å²) in [7, 11) is -5.67. The summed E-state index contributed by atoms with van der Waals surface area (Å²) in [5.74, 6) is -1.96. The van der Waals surface area contributed by atoms with Crippen molar-refractivity contribution < 1.29 is 32.5 Å². The molecule has 12 heteroatoms. The first-order valence-electron chi connectivity index (χ1n) is 8.26. The van der Waals surface area contributed by atoms with Crippen LogP contribution in [0.25, 0.3) is 0 Å². The zero-order valence-corrected chi connectivity index (χ0v) is 15.0. The quantitative estimate of drug-likeness (QED) is 0.286. The Kier molecular flexibility index (Phi) is 5.84. The number of carboxylic acid groups (broad SMARTS) is 1. The average molecular weight is 379 g/mol. The fourth-order valence-electron chi connectivity index (χ4n) is 3.09. The first-order valence-corrected chi connectivity index (χ1v) is 9.63. The van der Waals surface area contributed by atoms with Crippen LogP contribution in [0.2, 0.25) is 6.32 Å². The number of rotatable bonds is 9. The Balaban J connectivity index is 2.07. The van der Waals surface area contributed by atoms with E-state index in [4.69, 9.17) is 25.7 Å². The molecule has 1 unspecified atom stereocenters. The molecule has 3 atom stereocenters. The number of carbonyl (C=O) groups is 1. The second-order valence-electron chi connectivity index (χ2n) is 7.18. The molecule has 0 aromatic heterocycles. The van der Waals surface area contributed by atoms with E-state index in [1.165, 1.54) is 0 Å². The SMILES string of the molecule is CC(OS(=O)(=O)N1C[C@H](CCCB(O)O)[C@](N)(C(=O)O)C1)C1(N)CC1. The Labute approximate surface area is 147 Å². The third-order valence-corrected chi connectivity index (χ3v) is 6.67. The van der Waals surface area contributed by atoms with Crippen molar-refractivity contribution >= 4 is 23.4 Å². The lowest BCUT2D eigenvalue weighted by Crippen LogP contribution is -2.55. The van der Waals surface area contributed by atoms with Crippen molar-refractivity contribution in [2.24, 2.45) is 17.4 Å². The molecule has 2 fully saturated rings. The third kappa shape index (κ3) is 4.51. The van der Waals surface area contributed by atoms with Crippen LogP contribution >= 0.6 is 0 Å². The van der Waals surface area contributed by atoms with Crippen LogP contribution in [0.1, 0.15) is 32.6 Å². The molecule has 0 amide bonds.